The van der Waals surface area contributed by atoms with Crippen LogP contribution in [-0.4, -0.2) is 26.4 Å². The molecule has 0 spiro atoms. The fourth-order valence-electron chi connectivity index (χ4n) is 1.05. The number of aromatic amines is 1. The fourth-order valence-corrected chi connectivity index (χ4v) is 1.05. The van der Waals surface area contributed by atoms with Gasteiger partial charge in [0.1, 0.15) is 12.2 Å². The molecule has 0 aromatic carbocycles. The average Bonchev–Trinajstić information content (AvgIpc) is 2.50. The molecule has 6 heteroatoms. The second kappa shape index (κ2) is 3.88. The fraction of sp³-hybridized carbons (Fsp3) is 0.571. The van der Waals surface area contributed by atoms with Crippen LogP contribution in [0.4, 0.5) is 4.79 Å². The molecule has 1 rings (SSSR count). The lowest BCUT2D eigenvalue weighted by Crippen LogP contribution is -2.31. The summed E-state index contributed by atoms with van der Waals surface area (Å²) in [4.78, 5) is 14.3. The van der Waals surface area contributed by atoms with Gasteiger partial charge in [0.25, 0.3) is 0 Å². The predicted octanol–water partition coefficient (Wildman–Crippen LogP) is 0.769. The Morgan fingerprint density at radius 3 is 2.77 bits per heavy atom. The molecule has 6 nitrogen and oxygen atoms in total. The van der Waals surface area contributed by atoms with Gasteiger partial charge in [-0.05, 0) is 5.92 Å². The van der Waals surface area contributed by atoms with Gasteiger partial charge >= 0.3 is 6.09 Å². The molecule has 0 saturated carbocycles. The van der Waals surface area contributed by atoms with Crippen LogP contribution in [0, 0.1) is 5.92 Å². The Bertz CT molecular complexity index is 270. The summed E-state index contributed by atoms with van der Waals surface area (Å²) in [5.74, 6) is 0.668. The number of rotatable bonds is 3. The zero-order chi connectivity index (χ0) is 9.84. The lowest BCUT2D eigenvalue weighted by atomic mass is 10.0. The highest BCUT2D eigenvalue weighted by Crippen LogP contribution is 2.16. The minimum Gasteiger partial charge on any atom is -0.465 e. The van der Waals surface area contributed by atoms with Crippen LogP contribution in [0.3, 0.4) is 0 Å². The van der Waals surface area contributed by atoms with Crippen LogP contribution >= 0.6 is 0 Å². The maximum absolute atomic E-state index is 10.4. The molecule has 0 radical (unpaired) electrons. The standard InChI is InChI=1S/C7H12N4O2/c1-4(2)5(10-7(12)13)6-8-3-9-11-6/h3-5,10H,1-2H3,(H,12,13)(H,8,9,11). The molecule has 13 heavy (non-hydrogen) atoms. The first-order chi connectivity index (χ1) is 6.11. The van der Waals surface area contributed by atoms with Gasteiger partial charge in [-0.25, -0.2) is 9.78 Å². The molecule has 1 unspecified atom stereocenters. The topological polar surface area (TPSA) is 90.9 Å². The highest BCUT2D eigenvalue weighted by Gasteiger charge is 2.20. The average molecular weight is 184 g/mol. The first-order valence-corrected chi connectivity index (χ1v) is 3.96. The number of nitrogens with zero attached hydrogens (tertiary/aromatic N) is 2. The van der Waals surface area contributed by atoms with Crippen molar-refractivity contribution in [2.24, 2.45) is 5.92 Å². The van der Waals surface area contributed by atoms with E-state index in [4.69, 9.17) is 5.11 Å². The minimum atomic E-state index is -1.06. The monoisotopic (exact) mass is 184 g/mol. The van der Waals surface area contributed by atoms with Crippen LogP contribution in [0.15, 0.2) is 6.33 Å². The summed E-state index contributed by atoms with van der Waals surface area (Å²) >= 11 is 0. The molecule has 1 amide bonds. The number of aromatic nitrogens is 3. The van der Waals surface area contributed by atoms with E-state index in [0.717, 1.165) is 0 Å². The number of hydrogen-bond donors (Lipinski definition) is 3. The van der Waals surface area contributed by atoms with Crippen molar-refractivity contribution in [1.82, 2.24) is 20.5 Å². The number of nitrogens with one attached hydrogen (secondary N) is 2. The zero-order valence-electron chi connectivity index (χ0n) is 7.48. The molecule has 0 bridgehead atoms. The normalized spacial score (nSPS) is 12.8. The summed E-state index contributed by atoms with van der Waals surface area (Å²) in [6.07, 6.45) is 0.295. The van der Waals surface area contributed by atoms with Gasteiger partial charge in [0.2, 0.25) is 0 Å². The second-order valence-electron chi connectivity index (χ2n) is 3.04. The highest BCUT2D eigenvalue weighted by atomic mass is 16.4. The van der Waals surface area contributed by atoms with E-state index in [2.05, 4.69) is 20.5 Å². The Morgan fingerprint density at radius 2 is 2.38 bits per heavy atom. The van der Waals surface area contributed by atoms with Crippen LogP contribution in [0.25, 0.3) is 0 Å². The number of carbonyl (C=O) groups is 1. The van der Waals surface area contributed by atoms with Crippen molar-refractivity contribution < 1.29 is 9.90 Å². The van der Waals surface area contributed by atoms with Crippen molar-refractivity contribution in [1.29, 1.82) is 0 Å². The maximum atomic E-state index is 10.4. The number of amides is 1. The van der Waals surface area contributed by atoms with Crippen molar-refractivity contribution in [3.8, 4) is 0 Å². The van der Waals surface area contributed by atoms with Crippen LogP contribution in [0.2, 0.25) is 0 Å². The Morgan fingerprint density at radius 1 is 1.69 bits per heavy atom. The van der Waals surface area contributed by atoms with Gasteiger partial charge in [0.05, 0.1) is 6.04 Å². The smallest absolute Gasteiger partial charge is 0.405 e. The molecule has 0 saturated heterocycles. The zero-order valence-corrected chi connectivity index (χ0v) is 7.48. The highest BCUT2D eigenvalue weighted by molar-refractivity contribution is 5.65. The summed E-state index contributed by atoms with van der Waals surface area (Å²) in [6, 6.07) is -0.333. The molecule has 1 heterocycles. The quantitative estimate of drug-likeness (QED) is 0.647. The molecule has 1 aromatic heterocycles. The summed E-state index contributed by atoms with van der Waals surface area (Å²) in [6.45, 7) is 3.81. The molecule has 0 fully saturated rings. The van der Waals surface area contributed by atoms with Gasteiger partial charge in [-0.15, -0.1) is 0 Å². The summed E-state index contributed by atoms with van der Waals surface area (Å²) < 4.78 is 0. The third-order valence-electron chi connectivity index (χ3n) is 1.67. The van der Waals surface area contributed by atoms with Gasteiger partial charge in [-0.3, -0.25) is 5.10 Å². The lowest BCUT2D eigenvalue weighted by molar-refractivity contribution is 0.185. The van der Waals surface area contributed by atoms with E-state index in [9.17, 15) is 4.79 Å². The van der Waals surface area contributed by atoms with Crippen molar-refractivity contribution in [3.63, 3.8) is 0 Å². The number of carboxylic acid groups (broad SMARTS) is 1. The summed E-state index contributed by atoms with van der Waals surface area (Å²) in [5.41, 5.74) is 0. The molecule has 0 aliphatic rings. The largest absolute Gasteiger partial charge is 0.465 e. The van der Waals surface area contributed by atoms with E-state index in [0.29, 0.717) is 5.82 Å². The lowest BCUT2D eigenvalue weighted by Gasteiger charge is -2.17. The third kappa shape index (κ3) is 2.43. The first-order valence-electron chi connectivity index (χ1n) is 3.96. The molecule has 3 N–H and O–H groups in total. The van der Waals surface area contributed by atoms with Gasteiger partial charge in [0, 0.05) is 0 Å². The van der Waals surface area contributed by atoms with Gasteiger partial charge in [-0.2, -0.15) is 5.10 Å². The molecule has 0 aliphatic heterocycles. The molecular weight excluding hydrogens is 172 g/mol. The van der Waals surface area contributed by atoms with Crippen molar-refractivity contribution in [2.45, 2.75) is 19.9 Å². The molecule has 1 atom stereocenters. The van der Waals surface area contributed by atoms with E-state index < -0.39 is 6.09 Å². The van der Waals surface area contributed by atoms with Crippen LogP contribution in [0.1, 0.15) is 25.7 Å². The van der Waals surface area contributed by atoms with E-state index in [-0.39, 0.29) is 12.0 Å². The maximum Gasteiger partial charge on any atom is 0.405 e. The summed E-state index contributed by atoms with van der Waals surface area (Å²) in [5, 5.41) is 17.2. The van der Waals surface area contributed by atoms with Crippen LogP contribution < -0.4 is 5.32 Å². The predicted molar refractivity (Wildman–Crippen MR) is 45.1 cm³/mol. The first kappa shape index (κ1) is 9.50. The van der Waals surface area contributed by atoms with Crippen molar-refractivity contribution >= 4 is 6.09 Å². The number of hydrogen-bond acceptors (Lipinski definition) is 3. The van der Waals surface area contributed by atoms with E-state index >= 15 is 0 Å². The molecule has 72 valence electrons. The Kier molecular flexibility index (Phi) is 2.84. The van der Waals surface area contributed by atoms with Gasteiger partial charge in [-0.1, -0.05) is 13.8 Å². The van der Waals surface area contributed by atoms with Gasteiger partial charge in [0.15, 0.2) is 0 Å². The minimum absolute atomic E-state index is 0.129. The van der Waals surface area contributed by atoms with E-state index in [1.54, 1.807) is 0 Å². The van der Waals surface area contributed by atoms with E-state index in [1.807, 2.05) is 13.8 Å². The Balaban J connectivity index is 2.74. The molecular formula is C7H12N4O2. The van der Waals surface area contributed by atoms with Crippen LogP contribution in [-0.2, 0) is 0 Å². The van der Waals surface area contributed by atoms with E-state index in [1.165, 1.54) is 6.33 Å². The molecule has 0 aliphatic carbocycles. The number of H-pyrrole nitrogens is 1. The SMILES string of the molecule is CC(C)C(NC(=O)O)c1ncn[nH]1. The Hall–Kier alpha value is -1.59. The van der Waals surface area contributed by atoms with Crippen molar-refractivity contribution in [2.75, 3.05) is 0 Å². The van der Waals surface area contributed by atoms with Crippen molar-refractivity contribution in [3.05, 3.63) is 12.2 Å². The second-order valence-corrected chi connectivity index (χ2v) is 3.04. The van der Waals surface area contributed by atoms with Crippen LogP contribution in [0.5, 0.6) is 0 Å². The molecule has 1 aromatic rings. The summed E-state index contributed by atoms with van der Waals surface area (Å²) in [7, 11) is 0. The Labute approximate surface area is 75.4 Å². The third-order valence-corrected chi connectivity index (χ3v) is 1.67. The van der Waals surface area contributed by atoms with Gasteiger partial charge < -0.3 is 10.4 Å².